The zero-order chi connectivity index (χ0) is 16.3. The first-order valence-electron chi connectivity index (χ1n) is 6.50. The summed E-state index contributed by atoms with van der Waals surface area (Å²) in [6.07, 6.45) is 2.72. The molecule has 0 aliphatic rings. The number of carbonyl (C=O) groups excluding carboxylic acids is 1. The Morgan fingerprint density at radius 1 is 1.23 bits per heavy atom. The van der Waals surface area contributed by atoms with Crippen molar-refractivity contribution in [3.63, 3.8) is 0 Å². The van der Waals surface area contributed by atoms with E-state index in [1.165, 1.54) is 24.3 Å². The summed E-state index contributed by atoms with van der Waals surface area (Å²) >= 11 is 6.04. The summed E-state index contributed by atoms with van der Waals surface area (Å²) in [6.45, 7) is 1.77. The number of hydrogen-bond acceptors (Lipinski definition) is 4. The predicted molar refractivity (Wildman–Crippen MR) is 84.7 cm³/mol. The Hall–Kier alpha value is -1.92. The minimum atomic E-state index is -3.28. The second-order valence-corrected chi connectivity index (χ2v) is 7.29. The highest BCUT2D eigenvalue weighted by molar-refractivity contribution is 7.90. The molecule has 2 rings (SSSR count). The van der Waals surface area contributed by atoms with Crippen molar-refractivity contribution in [2.45, 2.75) is 17.9 Å². The summed E-state index contributed by atoms with van der Waals surface area (Å²) in [5.41, 5.74) is 0.941. The molecule has 1 N–H and O–H groups in total. The van der Waals surface area contributed by atoms with Crippen molar-refractivity contribution >= 4 is 27.3 Å². The molecule has 0 aliphatic carbocycles. The second-order valence-electron chi connectivity index (χ2n) is 4.86. The van der Waals surface area contributed by atoms with Gasteiger partial charge in [-0.25, -0.2) is 8.42 Å². The minimum Gasteiger partial charge on any atom is -0.344 e. The number of rotatable bonds is 4. The molecule has 1 amide bonds. The molecule has 22 heavy (non-hydrogen) atoms. The summed E-state index contributed by atoms with van der Waals surface area (Å²) in [6, 6.07) is 8.80. The molecule has 0 aliphatic heterocycles. The highest BCUT2D eigenvalue weighted by Crippen LogP contribution is 2.20. The number of hydrogen-bond donors (Lipinski definition) is 1. The van der Waals surface area contributed by atoms with Gasteiger partial charge in [-0.2, -0.15) is 0 Å². The lowest BCUT2D eigenvalue weighted by molar-refractivity contribution is 0.0939. The topological polar surface area (TPSA) is 76.1 Å². The van der Waals surface area contributed by atoms with Crippen LogP contribution in [0, 0.1) is 0 Å². The molecule has 2 aromatic rings. The Bertz CT molecular complexity index is 789. The Kier molecular flexibility index (Phi) is 4.83. The molecule has 1 aromatic heterocycles. The van der Waals surface area contributed by atoms with Crippen molar-refractivity contribution in [3.05, 3.63) is 58.9 Å². The van der Waals surface area contributed by atoms with Gasteiger partial charge >= 0.3 is 0 Å². The van der Waals surface area contributed by atoms with E-state index in [1.54, 1.807) is 25.3 Å². The third-order valence-corrected chi connectivity index (χ3v) is 4.54. The van der Waals surface area contributed by atoms with Crippen LogP contribution in [0.5, 0.6) is 0 Å². The van der Waals surface area contributed by atoms with Crippen LogP contribution in [-0.4, -0.2) is 25.6 Å². The molecule has 0 spiro atoms. The lowest BCUT2D eigenvalue weighted by Gasteiger charge is -2.14. The maximum absolute atomic E-state index is 12.2. The van der Waals surface area contributed by atoms with Crippen molar-refractivity contribution < 1.29 is 13.2 Å². The van der Waals surface area contributed by atoms with E-state index >= 15 is 0 Å². The second kappa shape index (κ2) is 6.46. The summed E-state index contributed by atoms with van der Waals surface area (Å²) in [5, 5.41) is 3.25. The van der Waals surface area contributed by atoms with Gasteiger partial charge in [-0.1, -0.05) is 11.6 Å². The van der Waals surface area contributed by atoms with Gasteiger partial charge in [-0.05, 0) is 43.3 Å². The highest BCUT2D eigenvalue weighted by Gasteiger charge is 2.15. The number of nitrogens with one attached hydrogen (secondary N) is 1. The van der Waals surface area contributed by atoms with E-state index in [0.29, 0.717) is 16.3 Å². The lowest BCUT2D eigenvalue weighted by Crippen LogP contribution is -2.27. The molecule has 0 saturated heterocycles. The fourth-order valence-electron chi connectivity index (χ4n) is 1.92. The molecular weight excluding hydrogens is 324 g/mol. The number of carbonyl (C=O) groups is 1. The van der Waals surface area contributed by atoms with E-state index < -0.39 is 9.84 Å². The van der Waals surface area contributed by atoms with Crippen LogP contribution < -0.4 is 5.32 Å². The fraction of sp³-hybridized carbons (Fsp3) is 0.200. The summed E-state index contributed by atoms with van der Waals surface area (Å²) < 4.78 is 22.8. The maximum Gasteiger partial charge on any atom is 0.251 e. The Labute approximate surface area is 134 Å². The molecule has 0 saturated carbocycles. The van der Waals surface area contributed by atoms with Crippen LogP contribution in [-0.2, 0) is 9.84 Å². The minimum absolute atomic E-state index is 0.171. The number of halogens is 1. The average Bonchev–Trinajstić information content (AvgIpc) is 2.46. The third-order valence-electron chi connectivity index (χ3n) is 3.09. The number of sulfone groups is 1. The van der Waals surface area contributed by atoms with Crippen molar-refractivity contribution in [1.82, 2.24) is 10.3 Å². The van der Waals surface area contributed by atoms with Crippen molar-refractivity contribution in [1.29, 1.82) is 0 Å². The molecule has 1 aromatic carbocycles. The zero-order valence-corrected chi connectivity index (χ0v) is 13.6. The van der Waals surface area contributed by atoms with Crippen molar-refractivity contribution in [2.75, 3.05) is 6.26 Å². The number of aromatic nitrogens is 1. The van der Waals surface area contributed by atoms with E-state index in [2.05, 4.69) is 10.3 Å². The van der Waals surface area contributed by atoms with E-state index in [0.717, 1.165) is 6.26 Å². The molecule has 0 fully saturated rings. The monoisotopic (exact) mass is 338 g/mol. The van der Waals surface area contributed by atoms with Crippen molar-refractivity contribution in [2.24, 2.45) is 0 Å². The molecule has 0 radical (unpaired) electrons. The summed E-state index contributed by atoms with van der Waals surface area (Å²) in [7, 11) is -3.28. The number of pyridine rings is 1. The molecule has 1 unspecified atom stereocenters. The van der Waals surface area contributed by atoms with E-state index in [1.807, 2.05) is 0 Å². The van der Waals surface area contributed by atoms with Crippen LogP contribution in [0.4, 0.5) is 0 Å². The van der Waals surface area contributed by atoms with Gasteiger partial charge in [-0.3, -0.25) is 9.78 Å². The van der Waals surface area contributed by atoms with Gasteiger partial charge in [0.2, 0.25) is 0 Å². The SMILES string of the molecule is CC(NC(=O)c1ccc(S(C)(=O)=O)cc1)c1ncccc1Cl. The van der Waals surface area contributed by atoms with Gasteiger partial charge < -0.3 is 5.32 Å². The van der Waals surface area contributed by atoms with Crippen LogP contribution in [0.15, 0.2) is 47.5 Å². The van der Waals surface area contributed by atoms with Crippen LogP contribution in [0.3, 0.4) is 0 Å². The smallest absolute Gasteiger partial charge is 0.251 e. The molecule has 7 heteroatoms. The largest absolute Gasteiger partial charge is 0.344 e. The van der Waals surface area contributed by atoms with Crippen LogP contribution in [0.2, 0.25) is 5.02 Å². The van der Waals surface area contributed by atoms with Gasteiger partial charge in [0, 0.05) is 18.0 Å². The first-order chi connectivity index (χ1) is 10.3. The molecule has 1 heterocycles. The third kappa shape index (κ3) is 3.84. The molecular formula is C15H15ClN2O3S. The van der Waals surface area contributed by atoms with Gasteiger partial charge in [0.1, 0.15) is 0 Å². The predicted octanol–water partition coefficient (Wildman–Crippen LogP) is 2.63. The number of benzene rings is 1. The molecule has 5 nitrogen and oxygen atoms in total. The number of amides is 1. The number of nitrogens with zero attached hydrogens (tertiary/aromatic N) is 1. The first kappa shape index (κ1) is 16.5. The quantitative estimate of drug-likeness (QED) is 0.929. The maximum atomic E-state index is 12.2. The summed E-state index contributed by atoms with van der Waals surface area (Å²) in [5.74, 6) is -0.325. The van der Waals surface area contributed by atoms with Crippen molar-refractivity contribution in [3.8, 4) is 0 Å². The van der Waals surface area contributed by atoms with E-state index in [4.69, 9.17) is 11.6 Å². The summed E-state index contributed by atoms with van der Waals surface area (Å²) in [4.78, 5) is 16.5. The van der Waals surface area contributed by atoms with Gasteiger partial charge in [0.25, 0.3) is 5.91 Å². The standard InChI is InChI=1S/C15H15ClN2O3S/c1-10(14-13(16)4-3-9-17-14)18-15(19)11-5-7-12(8-6-11)22(2,20)21/h3-10H,1-2H3,(H,18,19). The Morgan fingerprint density at radius 3 is 2.41 bits per heavy atom. The van der Waals surface area contributed by atoms with Crippen LogP contribution in [0.1, 0.15) is 29.0 Å². The molecule has 0 bridgehead atoms. The normalized spacial score (nSPS) is 12.7. The first-order valence-corrected chi connectivity index (χ1v) is 8.77. The van der Waals surface area contributed by atoms with E-state index in [9.17, 15) is 13.2 Å². The van der Waals surface area contributed by atoms with Gasteiger partial charge in [0.15, 0.2) is 9.84 Å². The molecule has 116 valence electrons. The highest BCUT2D eigenvalue weighted by atomic mass is 35.5. The van der Waals surface area contributed by atoms with Gasteiger partial charge in [-0.15, -0.1) is 0 Å². The van der Waals surface area contributed by atoms with Gasteiger partial charge in [0.05, 0.1) is 21.7 Å². The van der Waals surface area contributed by atoms with Crippen LogP contribution >= 0.6 is 11.6 Å². The van der Waals surface area contributed by atoms with E-state index in [-0.39, 0.29) is 16.8 Å². The fourth-order valence-corrected chi connectivity index (χ4v) is 2.83. The average molecular weight is 339 g/mol. The van der Waals surface area contributed by atoms with Crippen LogP contribution in [0.25, 0.3) is 0 Å². The lowest BCUT2D eigenvalue weighted by atomic mass is 10.1. The molecule has 1 atom stereocenters. The zero-order valence-electron chi connectivity index (χ0n) is 12.1. The Balaban J connectivity index is 2.14. The Morgan fingerprint density at radius 2 is 1.86 bits per heavy atom.